The highest BCUT2D eigenvalue weighted by Crippen LogP contribution is 2.19. The number of hydrogen-bond donors (Lipinski definition) is 3. The summed E-state index contributed by atoms with van der Waals surface area (Å²) >= 11 is 0. The van der Waals surface area contributed by atoms with Crippen molar-refractivity contribution in [1.82, 2.24) is 10.3 Å². The molecule has 0 aromatic carbocycles. The quantitative estimate of drug-likeness (QED) is 0.733. The molecule has 0 spiro atoms. The normalized spacial score (nSPS) is 12.8. The molecule has 98 valence electrons. The van der Waals surface area contributed by atoms with E-state index in [1.54, 1.807) is 20.8 Å². The fourth-order valence-electron chi connectivity index (χ4n) is 1.46. The molecule has 0 bridgehead atoms. The number of aromatic nitrogens is 1. The van der Waals surface area contributed by atoms with Crippen LogP contribution in [0.1, 0.15) is 31.1 Å². The molecule has 3 N–H and O–H groups in total. The van der Waals surface area contributed by atoms with Crippen molar-refractivity contribution in [1.29, 1.82) is 0 Å². The van der Waals surface area contributed by atoms with Crippen LogP contribution < -0.4 is 10.9 Å². The minimum absolute atomic E-state index is 0.104. The number of rotatable bonds is 3. The van der Waals surface area contributed by atoms with E-state index >= 15 is 0 Å². The van der Waals surface area contributed by atoms with E-state index in [0.29, 0.717) is 0 Å². The number of nitrogens with one attached hydrogen (secondary N) is 2. The predicted molar refractivity (Wildman–Crippen MR) is 65.4 cm³/mol. The highest BCUT2D eigenvalue weighted by Gasteiger charge is 2.33. The van der Waals surface area contributed by atoms with Gasteiger partial charge in [0.1, 0.15) is 11.6 Å². The third-order valence-electron chi connectivity index (χ3n) is 2.45. The van der Waals surface area contributed by atoms with Crippen LogP contribution in [0.5, 0.6) is 0 Å². The van der Waals surface area contributed by atoms with Crippen molar-refractivity contribution in [2.45, 2.75) is 26.8 Å². The highest BCUT2D eigenvalue weighted by atomic mass is 16.4. The van der Waals surface area contributed by atoms with Gasteiger partial charge in [0.15, 0.2) is 0 Å². The van der Waals surface area contributed by atoms with Crippen LogP contribution in [0.15, 0.2) is 23.1 Å². The van der Waals surface area contributed by atoms with Gasteiger partial charge in [-0.25, -0.2) is 4.79 Å². The van der Waals surface area contributed by atoms with Gasteiger partial charge >= 0.3 is 5.97 Å². The standard InChI is InChI=1S/C12H16N2O4/c1-12(2,3)8(11(17)18)14-10(16)7-5-4-6-13-9(7)15/h4-6,8H,1-3H3,(H,13,15)(H,14,16)(H,17,18)/t8-/m0/s1. The Morgan fingerprint density at radius 3 is 2.44 bits per heavy atom. The summed E-state index contributed by atoms with van der Waals surface area (Å²) in [5.41, 5.74) is -1.30. The van der Waals surface area contributed by atoms with Gasteiger partial charge < -0.3 is 15.4 Å². The van der Waals surface area contributed by atoms with Gasteiger partial charge in [0, 0.05) is 6.20 Å². The second-order valence-corrected chi connectivity index (χ2v) is 5.02. The predicted octanol–water partition coefficient (Wildman–Crippen LogP) is 0.604. The lowest BCUT2D eigenvalue weighted by atomic mass is 9.86. The monoisotopic (exact) mass is 252 g/mol. The topological polar surface area (TPSA) is 99.3 Å². The van der Waals surface area contributed by atoms with E-state index in [2.05, 4.69) is 10.3 Å². The third kappa shape index (κ3) is 3.19. The van der Waals surface area contributed by atoms with E-state index in [4.69, 9.17) is 5.11 Å². The van der Waals surface area contributed by atoms with E-state index in [9.17, 15) is 14.4 Å². The maximum atomic E-state index is 11.8. The molecular formula is C12H16N2O4. The van der Waals surface area contributed by atoms with Crippen LogP contribution in [0.4, 0.5) is 0 Å². The minimum Gasteiger partial charge on any atom is -0.480 e. The largest absolute Gasteiger partial charge is 0.480 e. The number of hydrogen-bond acceptors (Lipinski definition) is 3. The molecule has 18 heavy (non-hydrogen) atoms. The summed E-state index contributed by atoms with van der Waals surface area (Å²) in [6.07, 6.45) is 1.40. The van der Waals surface area contributed by atoms with Crippen molar-refractivity contribution in [2.24, 2.45) is 5.41 Å². The first-order valence-electron chi connectivity index (χ1n) is 5.45. The van der Waals surface area contributed by atoms with Crippen molar-refractivity contribution in [3.8, 4) is 0 Å². The lowest BCUT2D eigenvalue weighted by Crippen LogP contribution is -2.49. The van der Waals surface area contributed by atoms with Crippen LogP contribution in [0, 0.1) is 5.41 Å². The van der Waals surface area contributed by atoms with Gasteiger partial charge in [-0.1, -0.05) is 20.8 Å². The third-order valence-corrected chi connectivity index (χ3v) is 2.45. The molecule has 0 aliphatic carbocycles. The second-order valence-electron chi connectivity index (χ2n) is 5.02. The number of carboxylic acid groups (broad SMARTS) is 1. The Balaban J connectivity index is 2.97. The van der Waals surface area contributed by atoms with Crippen molar-refractivity contribution in [3.05, 3.63) is 34.2 Å². The number of aliphatic carboxylic acids is 1. The van der Waals surface area contributed by atoms with Crippen LogP contribution in [-0.2, 0) is 4.79 Å². The Kier molecular flexibility index (Phi) is 3.90. The summed E-state index contributed by atoms with van der Waals surface area (Å²) in [7, 11) is 0. The molecule has 1 rings (SSSR count). The first-order chi connectivity index (χ1) is 8.23. The van der Waals surface area contributed by atoms with Crippen LogP contribution >= 0.6 is 0 Å². The van der Waals surface area contributed by atoms with Crippen LogP contribution in [-0.4, -0.2) is 28.0 Å². The van der Waals surface area contributed by atoms with Crippen molar-refractivity contribution in [2.75, 3.05) is 0 Å². The van der Waals surface area contributed by atoms with Gasteiger partial charge in [-0.05, 0) is 17.5 Å². The van der Waals surface area contributed by atoms with E-state index < -0.39 is 28.9 Å². The zero-order valence-corrected chi connectivity index (χ0v) is 10.5. The number of carbonyl (C=O) groups excluding carboxylic acids is 1. The number of carboxylic acids is 1. The van der Waals surface area contributed by atoms with Gasteiger partial charge in [-0.2, -0.15) is 0 Å². The lowest BCUT2D eigenvalue weighted by Gasteiger charge is -2.27. The Morgan fingerprint density at radius 1 is 1.39 bits per heavy atom. The molecule has 0 saturated carbocycles. The summed E-state index contributed by atoms with van der Waals surface area (Å²) in [5.74, 6) is -1.83. The molecule has 1 atom stereocenters. The second kappa shape index (κ2) is 5.03. The maximum absolute atomic E-state index is 11.8. The fourth-order valence-corrected chi connectivity index (χ4v) is 1.46. The molecule has 0 fully saturated rings. The van der Waals surface area contributed by atoms with Crippen LogP contribution in [0.2, 0.25) is 0 Å². The Morgan fingerprint density at radius 2 is 2.00 bits per heavy atom. The van der Waals surface area contributed by atoms with Crippen molar-refractivity contribution in [3.63, 3.8) is 0 Å². The number of H-pyrrole nitrogens is 1. The van der Waals surface area contributed by atoms with E-state index in [1.165, 1.54) is 18.3 Å². The molecule has 1 aromatic rings. The molecule has 1 amide bonds. The van der Waals surface area contributed by atoms with E-state index in [0.717, 1.165) is 0 Å². The Bertz CT molecular complexity index is 513. The molecule has 0 saturated heterocycles. The van der Waals surface area contributed by atoms with Gasteiger partial charge in [-0.15, -0.1) is 0 Å². The van der Waals surface area contributed by atoms with Gasteiger partial charge in [0.05, 0.1) is 0 Å². The zero-order chi connectivity index (χ0) is 13.9. The maximum Gasteiger partial charge on any atom is 0.326 e. The van der Waals surface area contributed by atoms with Crippen LogP contribution in [0.3, 0.4) is 0 Å². The number of aromatic amines is 1. The Hall–Kier alpha value is -2.11. The molecule has 1 heterocycles. The molecule has 1 aromatic heterocycles. The summed E-state index contributed by atoms with van der Waals surface area (Å²) in [6, 6.07) is 1.78. The highest BCUT2D eigenvalue weighted by molar-refractivity contribution is 5.96. The zero-order valence-electron chi connectivity index (χ0n) is 10.5. The molecule has 0 radical (unpaired) electrons. The lowest BCUT2D eigenvalue weighted by molar-refractivity contribution is -0.142. The van der Waals surface area contributed by atoms with Gasteiger partial charge in [0.2, 0.25) is 0 Å². The van der Waals surface area contributed by atoms with E-state index in [-0.39, 0.29) is 5.56 Å². The molecule has 0 aliphatic heterocycles. The average Bonchev–Trinajstić information content (AvgIpc) is 2.24. The number of pyridine rings is 1. The molecule has 6 heteroatoms. The summed E-state index contributed by atoms with van der Waals surface area (Å²) in [5, 5.41) is 11.4. The summed E-state index contributed by atoms with van der Waals surface area (Å²) < 4.78 is 0. The molecule has 6 nitrogen and oxygen atoms in total. The average molecular weight is 252 g/mol. The number of amides is 1. The minimum atomic E-state index is -1.14. The molecule has 0 aliphatic rings. The SMILES string of the molecule is CC(C)(C)[C@@H](NC(=O)c1ccc[nH]c1=O)C(=O)O. The smallest absolute Gasteiger partial charge is 0.326 e. The summed E-state index contributed by atoms with van der Waals surface area (Å²) in [4.78, 5) is 36.7. The van der Waals surface area contributed by atoms with E-state index in [1.807, 2.05) is 0 Å². The Labute approximate surface area is 104 Å². The first-order valence-corrected chi connectivity index (χ1v) is 5.45. The molecule has 0 unspecified atom stereocenters. The number of carbonyl (C=O) groups is 2. The summed E-state index contributed by atoms with van der Waals surface area (Å²) in [6.45, 7) is 5.09. The van der Waals surface area contributed by atoms with Gasteiger partial charge in [0.25, 0.3) is 11.5 Å². The van der Waals surface area contributed by atoms with Crippen molar-refractivity contribution >= 4 is 11.9 Å². The van der Waals surface area contributed by atoms with Gasteiger partial charge in [-0.3, -0.25) is 9.59 Å². The first kappa shape index (κ1) is 14.0. The van der Waals surface area contributed by atoms with Crippen LogP contribution in [0.25, 0.3) is 0 Å². The van der Waals surface area contributed by atoms with Crippen molar-refractivity contribution < 1.29 is 14.7 Å². The fraction of sp³-hybridized carbons (Fsp3) is 0.417. The molecular weight excluding hydrogens is 236 g/mol.